The number of hydrogen-bond donors (Lipinski definition) is 0. The van der Waals surface area contributed by atoms with Gasteiger partial charge in [0.2, 0.25) is 5.43 Å². The van der Waals surface area contributed by atoms with E-state index in [4.69, 9.17) is 0 Å². The van der Waals surface area contributed by atoms with Crippen LogP contribution in [0.1, 0.15) is 17.3 Å². The van der Waals surface area contributed by atoms with Crippen LogP contribution in [0.15, 0.2) is 11.0 Å². The van der Waals surface area contributed by atoms with Gasteiger partial charge in [0, 0.05) is 6.20 Å². The first kappa shape index (κ1) is 16.9. The van der Waals surface area contributed by atoms with E-state index in [-0.39, 0.29) is 6.61 Å². The molecule has 23 heavy (non-hydrogen) atoms. The second kappa shape index (κ2) is 6.35. The van der Waals surface area contributed by atoms with E-state index in [9.17, 15) is 31.5 Å². The number of carbonyl (C=O) groups is 1. The highest BCUT2D eigenvalue weighted by atomic mass is 19.2. The van der Waals surface area contributed by atoms with Crippen molar-refractivity contribution in [1.82, 2.24) is 4.57 Å². The third-order valence-corrected chi connectivity index (χ3v) is 3.11. The number of nitrogens with zero attached hydrogens (tertiary/aromatic N) is 1. The topological polar surface area (TPSA) is 48.3 Å². The predicted octanol–water partition coefficient (Wildman–Crippen LogP) is 2.70. The molecule has 0 N–H and O–H groups in total. The fourth-order valence-electron chi connectivity index (χ4n) is 2.13. The highest BCUT2D eigenvalue weighted by Crippen LogP contribution is 2.25. The Morgan fingerprint density at radius 3 is 2.30 bits per heavy atom. The van der Waals surface area contributed by atoms with Gasteiger partial charge in [-0.25, -0.2) is 26.7 Å². The van der Waals surface area contributed by atoms with Crippen molar-refractivity contribution in [3.05, 3.63) is 45.3 Å². The maximum Gasteiger partial charge on any atom is 0.343 e. The number of fused-ring (bicyclic) bond motifs is 1. The molecule has 4 nitrogen and oxygen atoms in total. The molecule has 0 saturated carbocycles. The largest absolute Gasteiger partial charge is 0.462 e. The Morgan fingerprint density at radius 1 is 1.13 bits per heavy atom. The number of alkyl halides is 1. The van der Waals surface area contributed by atoms with Gasteiger partial charge in [-0.1, -0.05) is 0 Å². The van der Waals surface area contributed by atoms with Crippen molar-refractivity contribution < 1.29 is 31.5 Å². The molecule has 0 atom stereocenters. The van der Waals surface area contributed by atoms with Gasteiger partial charge >= 0.3 is 5.97 Å². The van der Waals surface area contributed by atoms with Gasteiger partial charge < -0.3 is 9.30 Å². The molecule has 1 heterocycles. The third kappa shape index (κ3) is 2.66. The van der Waals surface area contributed by atoms with Crippen LogP contribution in [-0.4, -0.2) is 23.8 Å². The van der Waals surface area contributed by atoms with E-state index in [1.54, 1.807) is 0 Å². The Hall–Kier alpha value is -2.45. The second-order valence-corrected chi connectivity index (χ2v) is 4.45. The minimum Gasteiger partial charge on any atom is -0.462 e. The van der Waals surface area contributed by atoms with Crippen LogP contribution in [0.4, 0.5) is 22.0 Å². The van der Waals surface area contributed by atoms with Crippen molar-refractivity contribution >= 4 is 16.9 Å². The molecule has 124 valence electrons. The number of esters is 1. The van der Waals surface area contributed by atoms with Gasteiger partial charge in [-0.05, 0) is 6.92 Å². The van der Waals surface area contributed by atoms with Crippen LogP contribution in [0.5, 0.6) is 0 Å². The molecule has 9 heteroatoms. The third-order valence-electron chi connectivity index (χ3n) is 3.11. The Balaban J connectivity index is 2.99. The second-order valence-electron chi connectivity index (χ2n) is 4.45. The summed E-state index contributed by atoms with van der Waals surface area (Å²) in [6.45, 7) is -0.368. The first-order valence-corrected chi connectivity index (χ1v) is 6.47. The molecule has 0 amide bonds. The van der Waals surface area contributed by atoms with E-state index < -0.39 is 64.4 Å². The molecule has 1 aromatic heterocycles. The average molecular weight is 335 g/mol. The SMILES string of the molecule is CCOC(=O)c1cn(CCF)c2c(F)c(F)c(F)c(F)c2c1=O. The number of carbonyl (C=O) groups excluding carboxylic acids is 1. The summed E-state index contributed by atoms with van der Waals surface area (Å²) in [5.74, 6) is -9.30. The fourth-order valence-corrected chi connectivity index (χ4v) is 2.13. The Bertz CT molecular complexity index is 847. The number of ether oxygens (including phenoxy) is 1. The Labute approximate surface area is 126 Å². The van der Waals surface area contributed by atoms with Gasteiger partial charge in [-0.3, -0.25) is 4.79 Å². The van der Waals surface area contributed by atoms with E-state index in [1.165, 1.54) is 6.92 Å². The molecule has 0 radical (unpaired) electrons. The molecular formula is C14H10F5NO3. The summed E-state index contributed by atoms with van der Waals surface area (Å²) in [6, 6.07) is 0. The van der Waals surface area contributed by atoms with Crippen molar-refractivity contribution in [1.29, 1.82) is 0 Å². The summed E-state index contributed by atoms with van der Waals surface area (Å²) in [5.41, 5.74) is -3.07. The van der Waals surface area contributed by atoms with Crippen molar-refractivity contribution in [2.75, 3.05) is 13.3 Å². The van der Waals surface area contributed by atoms with Crippen LogP contribution >= 0.6 is 0 Å². The fraction of sp³-hybridized carbons (Fsp3) is 0.286. The van der Waals surface area contributed by atoms with Gasteiger partial charge in [0.25, 0.3) is 0 Å². The van der Waals surface area contributed by atoms with Crippen LogP contribution in [-0.2, 0) is 11.3 Å². The lowest BCUT2D eigenvalue weighted by molar-refractivity contribution is 0.0524. The van der Waals surface area contributed by atoms with E-state index in [1.807, 2.05) is 0 Å². The van der Waals surface area contributed by atoms with E-state index in [0.29, 0.717) is 4.57 Å². The maximum absolute atomic E-state index is 13.9. The minimum atomic E-state index is -2.19. The van der Waals surface area contributed by atoms with Gasteiger partial charge in [-0.2, -0.15) is 0 Å². The highest BCUT2D eigenvalue weighted by molar-refractivity contribution is 5.94. The summed E-state index contributed by atoms with van der Waals surface area (Å²) in [4.78, 5) is 23.8. The molecule has 1 aromatic carbocycles. The summed E-state index contributed by atoms with van der Waals surface area (Å²) in [6.07, 6.45) is 0.724. The van der Waals surface area contributed by atoms with Gasteiger partial charge in [0.05, 0.1) is 24.1 Å². The number of aryl methyl sites for hydroxylation is 1. The monoisotopic (exact) mass is 335 g/mol. The number of rotatable bonds is 4. The zero-order chi connectivity index (χ0) is 17.3. The molecule has 0 aliphatic heterocycles. The van der Waals surface area contributed by atoms with Crippen LogP contribution in [0.25, 0.3) is 10.9 Å². The lowest BCUT2D eigenvalue weighted by Gasteiger charge is -2.13. The summed E-state index contributed by atoms with van der Waals surface area (Å²) >= 11 is 0. The first-order valence-electron chi connectivity index (χ1n) is 6.47. The summed E-state index contributed by atoms with van der Waals surface area (Å²) in [5, 5.41) is -1.18. The number of hydrogen-bond acceptors (Lipinski definition) is 3. The Morgan fingerprint density at radius 2 is 1.74 bits per heavy atom. The molecule has 0 unspecified atom stereocenters. The van der Waals surface area contributed by atoms with Gasteiger partial charge in [0.1, 0.15) is 12.2 Å². The van der Waals surface area contributed by atoms with Crippen molar-refractivity contribution in [3.8, 4) is 0 Å². The summed E-state index contributed by atoms with van der Waals surface area (Å²) in [7, 11) is 0. The first-order chi connectivity index (χ1) is 10.8. The van der Waals surface area contributed by atoms with Crippen LogP contribution in [0, 0.1) is 23.3 Å². The standard InChI is InChI=1S/C14H10F5NO3/c1-2-23-14(22)6-5-20(4-3-15)12-7(13(6)21)8(16)9(17)10(18)11(12)19/h5H,2-4H2,1H3. The van der Waals surface area contributed by atoms with Crippen molar-refractivity contribution in [2.45, 2.75) is 13.5 Å². The lowest BCUT2D eigenvalue weighted by atomic mass is 10.1. The minimum absolute atomic E-state index is 0.117. The predicted molar refractivity (Wildman–Crippen MR) is 70.0 cm³/mol. The molecular weight excluding hydrogens is 325 g/mol. The number of benzene rings is 1. The highest BCUT2D eigenvalue weighted by Gasteiger charge is 2.27. The molecule has 0 aliphatic carbocycles. The van der Waals surface area contributed by atoms with Crippen molar-refractivity contribution in [2.24, 2.45) is 0 Å². The van der Waals surface area contributed by atoms with E-state index in [0.717, 1.165) is 6.20 Å². The zero-order valence-electron chi connectivity index (χ0n) is 11.8. The smallest absolute Gasteiger partial charge is 0.343 e. The normalized spacial score (nSPS) is 11.0. The quantitative estimate of drug-likeness (QED) is 0.374. The lowest BCUT2D eigenvalue weighted by Crippen LogP contribution is -2.23. The molecule has 0 saturated heterocycles. The number of halogens is 5. The van der Waals surface area contributed by atoms with Crippen molar-refractivity contribution in [3.63, 3.8) is 0 Å². The van der Waals surface area contributed by atoms with E-state index >= 15 is 0 Å². The summed E-state index contributed by atoms with van der Waals surface area (Å²) < 4.78 is 72.4. The van der Waals surface area contributed by atoms with Gasteiger partial charge in [-0.15, -0.1) is 0 Å². The zero-order valence-corrected chi connectivity index (χ0v) is 11.8. The molecule has 0 aliphatic rings. The molecule has 2 rings (SSSR count). The number of aromatic nitrogens is 1. The Kier molecular flexibility index (Phi) is 4.67. The molecule has 0 spiro atoms. The van der Waals surface area contributed by atoms with Crippen LogP contribution < -0.4 is 5.43 Å². The maximum atomic E-state index is 13.9. The van der Waals surface area contributed by atoms with Crippen LogP contribution in [0.3, 0.4) is 0 Å². The number of pyridine rings is 1. The van der Waals surface area contributed by atoms with Gasteiger partial charge in [0.15, 0.2) is 23.3 Å². The molecule has 0 bridgehead atoms. The van der Waals surface area contributed by atoms with E-state index in [2.05, 4.69) is 4.74 Å². The molecule has 0 fully saturated rings. The van der Waals surface area contributed by atoms with Crippen LogP contribution in [0.2, 0.25) is 0 Å². The average Bonchev–Trinajstić information content (AvgIpc) is 2.52. The molecule has 2 aromatic rings.